The van der Waals surface area contributed by atoms with E-state index in [0.717, 1.165) is 32.5 Å². The summed E-state index contributed by atoms with van der Waals surface area (Å²) in [4.78, 5) is 17.2. The SMILES string of the molecule is Cc1ccc(S(=O)(=O)N(CC(=O)NCc2ccc(-n3ccnc3C)cc2)c2ccc(C)c(Cl)c2)cc1. The van der Waals surface area contributed by atoms with Crippen molar-refractivity contribution in [2.75, 3.05) is 10.8 Å². The van der Waals surface area contributed by atoms with E-state index in [-0.39, 0.29) is 18.0 Å². The molecule has 0 aliphatic rings. The molecule has 7 nitrogen and oxygen atoms in total. The first-order valence-corrected chi connectivity index (χ1v) is 13.2. The van der Waals surface area contributed by atoms with Gasteiger partial charge in [0, 0.05) is 29.6 Å². The van der Waals surface area contributed by atoms with Crippen LogP contribution in [0, 0.1) is 20.8 Å². The Morgan fingerprint density at radius 3 is 2.31 bits per heavy atom. The minimum absolute atomic E-state index is 0.1000. The predicted molar refractivity (Wildman–Crippen MR) is 142 cm³/mol. The van der Waals surface area contributed by atoms with Gasteiger partial charge in [0.2, 0.25) is 5.91 Å². The van der Waals surface area contributed by atoms with E-state index in [1.807, 2.05) is 55.8 Å². The summed E-state index contributed by atoms with van der Waals surface area (Å²) in [6.07, 6.45) is 3.62. The molecule has 0 aliphatic carbocycles. The molecule has 0 spiro atoms. The lowest BCUT2D eigenvalue weighted by Crippen LogP contribution is -2.40. The van der Waals surface area contributed by atoms with E-state index < -0.39 is 15.9 Å². The van der Waals surface area contributed by atoms with Crippen molar-refractivity contribution < 1.29 is 13.2 Å². The number of nitrogens with one attached hydrogen (secondary N) is 1. The van der Waals surface area contributed by atoms with Crippen LogP contribution in [0.3, 0.4) is 0 Å². The number of carbonyl (C=O) groups is 1. The average Bonchev–Trinajstić information content (AvgIpc) is 3.29. The Morgan fingerprint density at radius 1 is 1.00 bits per heavy atom. The average molecular weight is 523 g/mol. The summed E-state index contributed by atoms with van der Waals surface area (Å²) in [7, 11) is -4.01. The van der Waals surface area contributed by atoms with Crippen LogP contribution in [0.4, 0.5) is 5.69 Å². The van der Waals surface area contributed by atoms with Crippen molar-refractivity contribution in [3.05, 3.63) is 107 Å². The molecule has 0 bridgehead atoms. The van der Waals surface area contributed by atoms with Gasteiger partial charge in [0.1, 0.15) is 12.4 Å². The number of rotatable bonds is 8. The smallest absolute Gasteiger partial charge is 0.264 e. The zero-order valence-electron chi connectivity index (χ0n) is 20.3. The Labute approximate surface area is 216 Å². The first-order valence-electron chi connectivity index (χ1n) is 11.4. The molecule has 4 aromatic rings. The largest absolute Gasteiger partial charge is 0.350 e. The number of sulfonamides is 1. The van der Waals surface area contributed by atoms with Crippen molar-refractivity contribution in [2.45, 2.75) is 32.2 Å². The van der Waals surface area contributed by atoms with E-state index in [1.165, 1.54) is 12.1 Å². The van der Waals surface area contributed by atoms with Gasteiger partial charge in [-0.25, -0.2) is 13.4 Å². The van der Waals surface area contributed by atoms with Gasteiger partial charge < -0.3 is 9.88 Å². The van der Waals surface area contributed by atoms with Gasteiger partial charge in [-0.15, -0.1) is 0 Å². The zero-order chi connectivity index (χ0) is 25.9. The molecule has 0 unspecified atom stereocenters. The van der Waals surface area contributed by atoms with E-state index in [2.05, 4.69) is 10.3 Å². The maximum absolute atomic E-state index is 13.5. The molecular formula is C27H27ClN4O3S. The second-order valence-corrected chi connectivity index (χ2v) is 10.8. The molecule has 1 heterocycles. The van der Waals surface area contributed by atoms with Crippen molar-refractivity contribution in [1.29, 1.82) is 0 Å². The van der Waals surface area contributed by atoms with Crippen molar-refractivity contribution in [1.82, 2.24) is 14.9 Å². The standard InChI is InChI=1S/C27H27ClN4O3S/c1-19-4-12-25(13-5-19)36(34,35)32(24-9-6-20(2)26(28)16-24)18-27(33)30-17-22-7-10-23(11-8-22)31-15-14-29-21(31)3/h4-16H,17-18H2,1-3H3,(H,30,33). The van der Waals surface area contributed by atoms with Crippen LogP contribution in [-0.4, -0.2) is 30.4 Å². The third-order valence-corrected chi connectivity index (χ3v) is 8.06. The highest BCUT2D eigenvalue weighted by Gasteiger charge is 2.27. The zero-order valence-corrected chi connectivity index (χ0v) is 21.8. The Balaban J connectivity index is 1.52. The van der Waals surface area contributed by atoms with E-state index in [4.69, 9.17) is 11.6 Å². The Bertz CT molecular complexity index is 1480. The van der Waals surface area contributed by atoms with Crippen molar-refractivity contribution in [2.24, 2.45) is 0 Å². The van der Waals surface area contributed by atoms with Crippen LogP contribution >= 0.6 is 11.6 Å². The van der Waals surface area contributed by atoms with Gasteiger partial charge in [0.05, 0.1) is 10.6 Å². The van der Waals surface area contributed by atoms with Gasteiger partial charge in [-0.3, -0.25) is 9.10 Å². The molecule has 186 valence electrons. The van der Waals surface area contributed by atoms with Crippen LogP contribution < -0.4 is 9.62 Å². The summed E-state index contributed by atoms with van der Waals surface area (Å²) in [6.45, 7) is 5.50. The van der Waals surface area contributed by atoms with Gasteiger partial charge in [-0.2, -0.15) is 0 Å². The number of anilines is 1. The van der Waals surface area contributed by atoms with Crippen LogP contribution in [0.15, 0.2) is 84.0 Å². The summed E-state index contributed by atoms with van der Waals surface area (Å²) in [5, 5.41) is 3.25. The predicted octanol–water partition coefficient (Wildman–Crippen LogP) is 4.96. The first-order chi connectivity index (χ1) is 17.1. The number of nitrogens with zero attached hydrogens (tertiary/aromatic N) is 3. The summed E-state index contributed by atoms with van der Waals surface area (Å²) >= 11 is 6.28. The molecule has 0 aliphatic heterocycles. The van der Waals surface area contributed by atoms with Gasteiger partial charge in [0.15, 0.2) is 0 Å². The second-order valence-electron chi connectivity index (χ2n) is 8.55. The molecule has 0 saturated carbocycles. The van der Waals surface area contributed by atoms with E-state index in [1.54, 1.807) is 36.5 Å². The summed E-state index contributed by atoms with van der Waals surface area (Å²) < 4.78 is 30.1. The van der Waals surface area contributed by atoms with Crippen LogP contribution in [0.1, 0.15) is 22.5 Å². The third-order valence-electron chi connectivity index (χ3n) is 5.87. The molecule has 3 aromatic carbocycles. The van der Waals surface area contributed by atoms with Crippen LogP contribution in [0.2, 0.25) is 5.02 Å². The second kappa shape index (κ2) is 10.6. The molecule has 4 rings (SSSR count). The van der Waals surface area contributed by atoms with Crippen LogP contribution in [0.25, 0.3) is 5.69 Å². The lowest BCUT2D eigenvalue weighted by molar-refractivity contribution is -0.119. The maximum Gasteiger partial charge on any atom is 0.264 e. The van der Waals surface area contributed by atoms with Crippen LogP contribution in [0.5, 0.6) is 0 Å². The molecule has 0 saturated heterocycles. The number of amides is 1. The third kappa shape index (κ3) is 5.61. The van der Waals surface area contributed by atoms with Gasteiger partial charge in [-0.05, 0) is 68.3 Å². The van der Waals surface area contributed by atoms with Gasteiger partial charge in [-0.1, -0.05) is 47.5 Å². The summed E-state index contributed by atoms with van der Waals surface area (Å²) in [6, 6.07) is 19.2. The van der Waals surface area contributed by atoms with Crippen molar-refractivity contribution in [3.8, 4) is 5.69 Å². The van der Waals surface area contributed by atoms with E-state index >= 15 is 0 Å². The molecule has 0 fully saturated rings. The Kier molecular flexibility index (Phi) is 7.47. The molecular weight excluding hydrogens is 496 g/mol. The Hall–Kier alpha value is -3.62. The molecule has 1 N–H and O–H groups in total. The quantitative estimate of drug-likeness (QED) is 0.354. The molecule has 1 amide bonds. The van der Waals surface area contributed by atoms with Gasteiger partial charge in [0.25, 0.3) is 10.0 Å². The Morgan fingerprint density at radius 2 is 1.69 bits per heavy atom. The number of aromatic nitrogens is 2. The fourth-order valence-electron chi connectivity index (χ4n) is 3.70. The van der Waals surface area contributed by atoms with Crippen molar-refractivity contribution in [3.63, 3.8) is 0 Å². The number of benzene rings is 3. The van der Waals surface area contributed by atoms with Gasteiger partial charge >= 0.3 is 0 Å². The number of aryl methyl sites for hydroxylation is 3. The van der Waals surface area contributed by atoms with E-state index in [9.17, 15) is 13.2 Å². The molecule has 9 heteroatoms. The lowest BCUT2D eigenvalue weighted by atomic mass is 10.2. The lowest BCUT2D eigenvalue weighted by Gasteiger charge is -2.24. The fraction of sp³-hybridized carbons (Fsp3) is 0.185. The number of halogens is 1. The molecule has 1 aromatic heterocycles. The number of imidazole rings is 1. The minimum Gasteiger partial charge on any atom is -0.350 e. The fourth-order valence-corrected chi connectivity index (χ4v) is 5.29. The summed E-state index contributed by atoms with van der Waals surface area (Å²) in [5.74, 6) is 0.444. The normalized spacial score (nSPS) is 11.3. The first kappa shape index (κ1) is 25.5. The van der Waals surface area contributed by atoms with Crippen LogP contribution in [-0.2, 0) is 21.4 Å². The minimum atomic E-state index is -4.01. The highest BCUT2D eigenvalue weighted by Crippen LogP contribution is 2.28. The molecule has 0 atom stereocenters. The summed E-state index contributed by atoms with van der Waals surface area (Å²) in [5.41, 5.74) is 3.92. The topological polar surface area (TPSA) is 84.3 Å². The highest BCUT2D eigenvalue weighted by atomic mass is 35.5. The van der Waals surface area contributed by atoms with Crippen molar-refractivity contribution >= 4 is 33.2 Å². The number of carbonyl (C=O) groups excluding carboxylic acids is 1. The van der Waals surface area contributed by atoms with E-state index in [0.29, 0.717) is 10.7 Å². The molecule has 0 radical (unpaired) electrons. The molecule has 36 heavy (non-hydrogen) atoms. The number of hydrogen-bond donors (Lipinski definition) is 1. The monoisotopic (exact) mass is 522 g/mol. The maximum atomic E-state index is 13.5. The number of hydrogen-bond acceptors (Lipinski definition) is 4. The highest BCUT2D eigenvalue weighted by molar-refractivity contribution is 7.92.